The minimum atomic E-state index is 0.0299. The lowest BCUT2D eigenvalue weighted by Gasteiger charge is -2.42. The Morgan fingerprint density at radius 2 is 2.12 bits per heavy atom. The van der Waals surface area contributed by atoms with E-state index >= 15 is 0 Å². The molecule has 3 aliphatic rings. The van der Waals surface area contributed by atoms with Crippen LogP contribution in [-0.4, -0.2) is 61.2 Å². The Kier molecular flexibility index (Phi) is 4.40. The third-order valence-corrected chi connectivity index (χ3v) is 6.09. The summed E-state index contributed by atoms with van der Waals surface area (Å²) in [6.45, 7) is 3.15. The van der Waals surface area contributed by atoms with Crippen molar-refractivity contribution < 1.29 is 9.53 Å². The molecule has 0 N–H and O–H groups in total. The Hall–Kier alpha value is -1.69. The lowest BCUT2D eigenvalue weighted by molar-refractivity contribution is -0.140. The van der Waals surface area contributed by atoms with Crippen LogP contribution >= 0.6 is 0 Å². The maximum atomic E-state index is 13.0. The average Bonchev–Trinajstić information content (AvgIpc) is 2.99. The largest absolute Gasteiger partial charge is 0.381 e. The fourth-order valence-electron chi connectivity index (χ4n) is 4.67. The summed E-state index contributed by atoms with van der Waals surface area (Å²) in [5.41, 5.74) is 2.49. The number of ether oxygens (including phenoxy) is 1. The molecule has 25 heavy (non-hydrogen) atoms. The molecule has 0 saturated carbocycles. The molecule has 1 aromatic heterocycles. The van der Waals surface area contributed by atoms with Gasteiger partial charge in [-0.2, -0.15) is 0 Å². The van der Waals surface area contributed by atoms with Gasteiger partial charge in [-0.25, -0.2) is 9.97 Å². The number of rotatable bonds is 2. The molecular formula is C19H28N4O2. The van der Waals surface area contributed by atoms with Gasteiger partial charge in [-0.05, 0) is 44.1 Å². The second kappa shape index (κ2) is 6.56. The molecule has 6 nitrogen and oxygen atoms in total. The Balaban J connectivity index is 1.57. The molecule has 2 fully saturated rings. The molecule has 1 unspecified atom stereocenters. The molecule has 1 aliphatic carbocycles. The third-order valence-electron chi connectivity index (χ3n) is 6.09. The minimum absolute atomic E-state index is 0.0299. The van der Waals surface area contributed by atoms with Crippen molar-refractivity contribution in [1.82, 2.24) is 14.9 Å². The highest BCUT2D eigenvalue weighted by molar-refractivity contribution is 5.79. The maximum absolute atomic E-state index is 13.0. The predicted octanol–water partition coefficient (Wildman–Crippen LogP) is 1.78. The van der Waals surface area contributed by atoms with E-state index in [1.807, 2.05) is 25.2 Å². The van der Waals surface area contributed by atoms with E-state index < -0.39 is 0 Å². The van der Waals surface area contributed by atoms with Crippen LogP contribution in [0.5, 0.6) is 0 Å². The van der Waals surface area contributed by atoms with E-state index in [2.05, 4.69) is 9.88 Å². The van der Waals surface area contributed by atoms with Crippen LogP contribution < -0.4 is 4.90 Å². The molecule has 1 spiro atoms. The quantitative estimate of drug-likeness (QED) is 0.818. The second-order valence-corrected chi connectivity index (χ2v) is 7.97. The number of piperidine rings is 1. The van der Waals surface area contributed by atoms with Gasteiger partial charge in [-0.3, -0.25) is 4.79 Å². The average molecular weight is 344 g/mol. The molecule has 1 aromatic rings. The number of likely N-dealkylation sites (tertiary alicyclic amines) is 1. The van der Waals surface area contributed by atoms with Crippen LogP contribution in [0.4, 0.5) is 5.95 Å². The van der Waals surface area contributed by atoms with Crippen LogP contribution in [0.15, 0.2) is 6.20 Å². The standard InChI is InChI=1S/C19H28N4O2/c1-22(2)18-20-12-15-4-8-19(16(15)21-18)7-3-9-23(13-19)17(24)14-5-10-25-11-6-14/h12,14H,3-11,13H2,1-2H3. The molecule has 1 amide bonds. The topological polar surface area (TPSA) is 58.6 Å². The van der Waals surface area contributed by atoms with E-state index in [9.17, 15) is 4.79 Å². The van der Waals surface area contributed by atoms with Crippen molar-refractivity contribution in [3.05, 3.63) is 17.5 Å². The van der Waals surface area contributed by atoms with E-state index in [4.69, 9.17) is 9.72 Å². The van der Waals surface area contributed by atoms with Gasteiger partial charge in [0.25, 0.3) is 0 Å². The molecule has 2 saturated heterocycles. The van der Waals surface area contributed by atoms with Gasteiger partial charge in [0, 0.05) is 57.9 Å². The highest BCUT2D eigenvalue weighted by Gasteiger charge is 2.45. The number of aryl methyl sites for hydroxylation is 1. The second-order valence-electron chi connectivity index (χ2n) is 7.97. The molecule has 0 aromatic carbocycles. The molecule has 6 heteroatoms. The number of fused-ring (bicyclic) bond motifs is 2. The van der Waals surface area contributed by atoms with Crippen LogP contribution in [0.3, 0.4) is 0 Å². The monoisotopic (exact) mass is 344 g/mol. The summed E-state index contributed by atoms with van der Waals surface area (Å²) in [7, 11) is 3.95. The van der Waals surface area contributed by atoms with Gasteiger partial charge in [0.15, 0.2) is 0 Å². The molecule has 136 valence electrons. The number of aromatic nitrogens is 2. The van der Waals surface area contributed by atoms with Gasteiger partial charge in [-0.15, -0.1) is 0 Å². The molecule has 0 bridgehead atoms. The van der Waals surface area contributed by atoms with Crippen molar-refractivity contribution in [2.45, 2.75) is 43.9 Å². The summed E-state index contributed by atoms with van der Waals surface area (Å²) < 4.78 is 5.42. The van der Waals surface area contributed by atoms with E-state index in [1.54, 1.807) is 0 Å². The number of anilines is 1. The van der Waals surface area contributed by atoms with Crippen LogP contribution in [0.1, 0.15) is 43.4 Å². The molecule has 3 heterocycles. The summed E-state index contributed by atoms with van der Waals surface area (Å²) in [6, 6.07) is 0. The van der Waals surface area contributed by atoms with Crippen LogP contribution in [-0.2, 0) is 21.4 Å². The summed E-state index contributed by atoms with van der Waals surface area (Å²) >= 11 is 0. The minimum Gasteiger partial charge on any atom is -0.381 e. The highest BCUT2D eigenvalue weighted by Crippen LogP contribution is 2.44. The van der Waals surface area contributed by atoms with Crippen LogP contribution in [0.25, 0.3) is 0 Å². The Morgan fingerprint density at radius 3 is 2.88 bits per heavy atom. The van der Waals surface area contributed by atoms with Crippen molar-refractivity contribution in [2.75, 3.05) is 45.3 Å². The van der Waals surface area contributed by atoms with Crippen molar-refractivity contribution in [1.29, 1.82) is 0 Å². The number of hydrogen-bond donors (Lipinski definition) is 0. The predicted molar refractivity (Wildman–Crippen MR) is 95.7 cm³/mol. The lowest BCUT2D eigenvalue weighted by atomic mass is 9.77. The van der Waals surface area contributed by atoms with Crippen LogP contribution in [0.2, 0.25) is 0 Å². The summed E-state index contributed by atoms with van der Waals surface area (Å²) in [4.78, 5) is 26.5. The summed E-state index contributed by atoms with van der Waals surface area (Å²) in [5, 5.41) is 0. The van der Waals surface area contributed by atoms with Crippen molar-refractivity contribution >= 4 is 11.9 Å². The van der Waals surface area contributed by atoms with E-state index in [0.717, 1.165) is 70.8 Å². The molecular weight excluding hydrogens is 316 g/mol. The molecule has 2 aliphatic heterocycles. The molecule has 0 radical (unpaired) electrons. The number of carbonyl (C=O) groups excluding carboxylic acids is 1. The van der Waals surface area contributed by atoms with Gasteiger partial charge >= 0.3 is 0 Å². The molecule has 1 atom stereocenters. The lowest BCUT2D eigenvalue weighted by Crippen LogP contribution is -2.50. The van der Waals surface area contributed by atoms with Gasteiger partial charge in [0.1, 0.15) is 0 Å². The van der Waals surface area contributed by atoms with E-state index in [1.165, 1.54) is 11.3 Å². The van der Waals surface area contributed by atoms with Crippen molar-refractivity contribution in [2.24, 2.45) is 5.92 Å². The first-order chi connectivity index (χ1) is 12.1. The van der Waals surface area contributed by atoms with Gasteiger partial charge in [-0.1, -0.05) is 0 Å². The van der Waals surface area contributed by atoms with E-state index in [0.29, 0.717) is 5.91 Å². The molecule has 4 rings (SSSR count). The fraction of sp³-hybridized carbons (Fsp3) is 0.737. The zero-order valence-electron chi connectivity index (χ0n) is 15.3. The Labute approximate surface area is 149 Å². The SMILES string of the molecule is CN(C)c1ncc2c(n1)C1(CCCN(C(=O)C3CCOCC3)C1)CC2. The van der Waals surface area contributed by atoms with Gasteiger partial charge in [0.05, 0.1) is 5.69 Å². The summed E-state index contributed by atoms with van der Waals surface area (Å²) in [6.07, 6.45) is 8.04. The first-order valence-corrected chi connectivity index (χ1v) is 9.49. The van der Waals surface area contributed by atoms with Gasteiger partial charge < -0.3 is 14.5 Å². The summed E-state index contributed by atoms with van der Waals surface area (Å²) in [5.74, 6) is 1.25. The van der Waals surface area contributed by atoms with Crippen LogP contribution in [0, 0.1) is 5.92 Å². The maximum Gasteiger partial charge on any atom is 0.225 e. The Morgan fingerprint density at radius 1 is 1.32 bits per heavy atom. The normalized spacial score (nSPS) is 26.7. The Bertz CT molecular complexity index is 653. The number of carbonyl (C=O) groups is 1. The highest BCUT2D eigenvalue weighted by atomic mass is 16.5. The van der Waals surface area contributed by atoms with E-state index in [-0.39, 0.29) is 11.3 Å². The number of nitrogens with zero attached hydrogens (tertiary/aromatic N) is 4. The first-order valence-electron chi connectivity index (χ1n) is 9.49. The van der Waals surface area contributed by atoms with Gasteiger partial charge in [0.2, 0.25) is 11.9 Å². The van der Waals surface area contributed by atoms with Crippen molar-refractivity contribution in [3.8, 4) is 0 Å². The zero-order valence-corrected chi connectivity index (χ0v) is 15.3. The fourth-order valence-corrected chi connectivity index (χ4v) is 4.67. The smallest absolute Gasteiger partial charge is 0.225 e. The zero-order chi connectivity index (χ0) is 17.4. The first kappa shape index (κ1) is 16.8. The number of amides is 1. The third kappa shape index (κ3) is 3.01. The number of hydrogen-bond acceptors (Lipinski definition) is 5. The van der Waals surface area contributed by atoms with Crippen molar-refractivity contribution in [3.63, 3.8) is 0 Å².